The summed E-state index contributed by atoms with van der Waals surface area (Å²) < 4.78 is 5.35. The van der Waals surface area contributed by atoms with E-state index in [-0.39, 0.29) is 18.4 Å². The highest BCUT2D eigenvalue weighted by atomic mass is 16.6. The number of rotatable bonds is 4. The summed E-state index contributed by atoms with van der Waals surface area (Å²) in [6, 6.07) is 5.81. The Hall–Kier alpha value is -2.61. The zero-order valence-electron chi connectivity index (χ0n) is 16.0. The zero-order valence-corrected chi connectivity index (χ0v) is 16.0. The van der Waals surface area contributed by atoms with E-state index in [1.54, 1.807) is 34.1 Å². The fraction of sp³-hybridized carbons (Fsp3) is 0.526. The van der Waals surface area contributed by atoms with E-state index >= 15 is 0 Å². The van der Waals surface area contributed by atoms with Crippen molar-refractivity contribution >= 4 is 18.0 Å². The highest BCUT2D eigenvalue weighted by molar-refractivity contribution is 5.94. The van der Waals surface area contributed by atoms with Crippen molar-refractivity contribution in [2.24, 2.45) is 5.73 Å². The molecule has 148 valence electrons. The van der Waals surface area contributed by atoms with Gasteiger partial charge in [0.2, 0.25) is 0 Å². The van der Waals surface area contributed by atoms with Crippen LogP contribution in [0.5, 0.6) is 0 Å². The van der Waals surface area contributed by atoms with Crippen molar-refractivity contribution in [2.75, 3.05) is 26.2 Å². The van der Waals surface area contributed by atoms with E-state index < -0.39 is 17.6 Å². The lowest BCUT2D eigenvalue weighted by Crippen LogP contribution is -2.51. The summed E-state index contributed by atoms with van der Waals surface area (Å²) in [6.07, 6.45) is -0.160. The second kappa shape index (κ2) is 8.39. The van der Waals surface area contributed by atoms with Gasteiger partial charge < -0.3 is 25.4 Å². The van der Waals surface area contributed by atoms with E-state index in [0.717, 1.165) is 5.56 Å². The molecule has 27 heavy (non-hydrogen) atoms. The Kier molecular flexibility index (Phi) is 6.43. The summed E-state index contributed by atoms with van der Waals surface area (Å²) in [4.78, 5) is 38.8. The van der Waals surface area contributed by atoms with Crippen LogP contribution in [-0.4, -0.2) is 70.7 Å². The van der Waals surface area contributed by atoms with Crippen molar-refractivity contribution in [1.82, 2.24) is 9.80 Å². The maximum absolute atomic E-state index is 12.6. The largest absolute Gasteiger partial charge is 0.480 e. The van der Waals surface area contributed by atoms with Crippen molar-refractivity contribution in [1.29, 1.82) is 0 Å². The van der Waals surface area contributed by atoms with Crippen molar-refractivity contribution < 1.29 is 24.2 Å². The number of carboxylic acids is 1. The minimum atomic E-state index is -1.06. The van der Waals surface area contributed by atoms with E-state index in [1.807, 2.05) is 20.8 Å². The van der Waals surface area contributed by atoms with Gasteiger partial charge in [-0.1, -0.05) is 12.1 Å². The lowest BCUT2D eigenvalue weighted by Gasteiger charge is -2.35. The monoisotopic (exact) mass is 377 g/mol. The van der Waals surface area contributed by atoms with Gasteiger partial charge in [-0.25, -0.2) is 4.79 Å². The number of piperazine rings is 1. The smallest absolute Gasteiger partial charge is 0.410 e. The fourth-order valence-corrected chi connectivity index (χ4v) is 2.73. The average Bonchev–Trinajstić information content (AvgIpc) is 2.60. The van der Waals surface area contributed by atoms with Gasteiger partial charge in [0.15, 0.2) is 0 Å². The molecule has 0 radical (unpaired) electrons. The van der Waals surface area contributed by atoms with Gasteiger partial charge in [0.25, 0.3) is 5.91 Å². The van der Waals surface area contributed by atoms with Crippen LogP contribution < -0.4 is 5.73 Å². The van der Waals surface area contributed by atoms with Crippen LogP contribution in [0.25, 0.3) is 0 Å². The molecule has 1 atom stereocenters. The number of hydrogen-bond donors (Lipinski definition) is 2. The van der Waals surface area contributed by atoms with E-state index in [4.69, 9.17) is 15.6 Å². The Morgan fingerprint density at radius 3 is 2.07 bits per heavy atom. The molecule has 1 aromatic carbocycles. The Labute approximate surface area is 158 Å². The fourth-order valence-electron chi connectivity index (χ4n) is 2.73. The third-order valence-corrected chi connectivity index (χ3v) is 4.19. The molecule has 1 aromatic rings. The number of amides is 2. The summed E-state index contributed by atoms with van der Waals surface area (Å²) in [5, 5.41) is 8.86. The van der Waals surface area contributed by atoms with Gasteiger partial charge in [0, 0.05) is 31.7 Å². The highest BCUT2D eigenvalue weighted by Gasteiger charge is 2.28. The van der Waals surface area contributed by atoms with Gasteiger partial charge in [0.05, 0.1) is 0 Å². The molecule has 0 aromatic heterocycles. The first-order valence-corrected chi connectivity index (χ1v) is 8.91. The molecular formula is C19H27N3O5. The summed E-state index contributed by atoms with van der Waals surface area (Å²) >= 11 is 0. The minimum absolute atomic E-state index is 0.118. The molecule has 1 heterocycles. The van der Waals surface area contributed by atoms with Crippen LogP contribution >= 0.6 is 0 Å². The molecule has 2 rings (SSSR count). The second-order valence-electron chi connectivity index (χ2n) is 7.61. The third-order valence-electron chi connectivity index (χ3n) is 4.19. The predicted octanol–water partition coefficient (Wildman–Crippen LogP) is 1.33. The van der Waals surface area contributed by atoms with Crippen molar-refractivity contribution in [2.45, 2.75) is 38.8 Å². The van der Waals surface area contributed by atoms with Crippen LogP contribution in [0.3, 0.4) is 0 Å². The van der Waals surface area contributed by atoms with E-state index in [9.17, 15) is 14.4 Å². The second-order valence-corrected chi connectivity index (χ2v) is 7.61. The molecule has 1 unspecified atom stereocenters. The van der Waals surface area contributed by atoms with Gasteiger partial charge in [-0.2, -0.15) is 0 Å². The van der Waals surface area contributed by atoms with E-state index in [0.29, 0.717) is 31.7 Å². The Balaban J connectivity index is 1.90. The number of benzene rings is 1. The highest BCUT2D eigenvalue weighted by Crippen LogP contribution is 2.14. The van der Waals surface area contributed by atoms with E-state index in [1.165, 1.54) is 0 Å². The number of carbonyl (C=O) groups is 3. The van der Waals surface area contributed by atoms with Gasteiger partial charge in [-0.15, -0.1) is 0 Å². The molecule has 8 heteroatoms. The number of hydrogen-bond acceptors (Lipinski definition) is 5. The van der Waals surface area contributed by atoms with Crippen LogP contribution in [0.1, 0.15) is 36.7 Å². The molecule has 0 bridgehead atoms. The van der Waals surface area contributed by atoms with Crippen molar-refractivity contribution in [3.63, 3.8) is 0 Å². The molecule has 0 aliphatic carbocycles. The summed E-state index contributed by atoms with van der Waals surface area (Å²) in [6.45, 7) is 7.17. The molecule has 8 nitrogen and oxygen atoms in total. The lowest BCUT2D eigenvalue weighted by molar-refractivity contribution is -0.138. The lowest BCUT2D eigenvalue weighted by atomic mass is 10.0. The minimum Gasteiger partial charge on any atom is -0.480 e. The molecule has 1 aliphatic heterocycles. The SMILES string of the molecule is CC(C)(C)OC(=O)N1CCN(C(=O)c2ccc(CC(N)C(=O)O)cc2)CC1. The summed E-state index contributed by atoms with van der Waals surface area (Å²) in [7, 11) is 0. The molecular weight excluding hydrogens is 350 g/mol. The molecule has 3 N–H and O–H groups in total. The van der Waals surface area contributed by atoms with Crippen LogP contribution in [0.2, 0.25) is 0 Å². The van der Waals surface area contributed by atoms with Gasteiger partial charge in [-0.05, 0) is 44.9 Å². The number of carbonyl (C=O) groups excluding carboxylic acids is 2. The number of nitrogens with two attached hydrogens (primary N) is 1. The first-order chi connectivity index (χ1) is 12.6. The van der Waals surface area contributed by atoms with Crippen LogP contribution in [0.15, 0.2) is 24.3 Å². The first kappa shape index (κ1) is 20.7. The van der Waals surface area contributed by atoms with Crippen molar-refractivity contribution in [3.05, 3.63) is 35.4 Å². The van der Waals surface area contributed by atoms with Crippen LogP contribution in [-0.2, 0) is 16.0 Å². The number of nitrogens with zero attached hydrogens (tertiary/aromatic N) is 2. The van der Waals surface area contributed by atoms with Gasteiger partial charge in [-0.3, -0.25) is 9.59 Å². The number of aliphatic carboxylic acids is 1. The maximum atomic E-state index is 12.6. The van der Waals surface area contributed by atoms with E-state index in [2.05, 4.69) is 0 Å². The molecule has 1 aliphatic rings. The molecule has 0 spiro atoms. The Morgan fingerprint density at radius 1 is 1.07 bits per heavy atom. The van der Waals surface area contributed by atoms with Gasteiger partial charge >= 0.3 is 12.1 Å². The standard InChI is InChI=1S/C19H27N3O5/c1-19(2,3)27-18(26)22-10-8-21(9-11-22)16(23)14-6-4-13(5-7-14)12-15(20)17(24)25/h4-7,15H,8-12,20H2,1-3H3,(H,24,25). The predicted molar refractivity (Wildman–Crippen MR) is 99.5 cm³/mol. The third kappa shape index (κ3) is 5.96. The average molecular weight is 377 g/mol. The van der Waals surface area contributed by atoms with Crippen molar-refractivity contribution in [3.8, 4) is 0 Å². The quantitative estimate of drug-likeness (QED) is 0.818. The first-order valence-electron chi connectivity index (χ1n) is 8.91. The summed E-state index contributed by atoms with van der Waals surface area (Å²) in [5.41, 5.74) is 6.26. The molecule has 2 amide bonds. The Bertz CT molecular complexity index is 688. The molecule has 0 saturated carbocycles. The Morgan fingerprint density at radius 2 is 1.59 bits per heavy atom. The number of carboxylic acid groups (broad SMARTS) is 1. The normalized spacial score (nSPS) is 16.0. The van der Waals surface area contributed by atoms with Crippen LogP contribution in [0.4, 0.5) is 4.79 Å². The van der Waals surface area contributed by atoms with Gasteiger partial charge in [0.1, 0.15) is 11.6 Å². The zero-order chi connectivity index (χ0) is 20.2. The topological polar surface area (TPSA) is 113 Å². The maximum Gasteiger partial charge on any atom is 0.410 e. The molecule has 1 saturated heterocycles. The summed E-state index contributed by atoms with van der Waals surface area (Å²) in [5.74, 6) is -1.18. The molecule has 1 fully saturated rings. The van der Waals surface area contributed by atoms with Crippen LogP contribution in [0, 0.1) is 0 Å². The number of ether oxygens (including phenoxy) is 1.